The first-order valence-corrected chi connectivity index (χ1v) is 7.94. The van der Waals surface area contributed by atoms with Crippen LogP contribution < -0.4 is 11.0 Å². The van der Waals surface area contributed by atoms with Gasteiger partial charge in [-0.05, 0) is 36.4 Å². The van der Waals surface area contributed by atoms with Crippen molar-refractivity contribution in [1.82, 2.24) is 19.3 Å². The number of anilines is 1. The van der Waals surface area contributed by atoms with Gasteiger partial charge in [0.1, 0.15) is 12.2 Å². The highest BCUT2D eigenvalue weighted by Crippen LogP contribution is 2.14. The molecule has 0 spiro atoms. The summed E-state index contributed by atoms with van der Waals surface area (Å²) in [6.07, 6.45) is 1.62. The predicted molar refractivity (Wildman–Crippen MR) is 93.5 cm³/mol. The summed E-state index contributed by atoms with van der Waals surface area (Å²) in [5.41, 5.74) is 0.850. The van der Waals surface area contributed by atoms with Gasteiger partial charge >= 0.3 is 5.69 Å². The molecule has 0 fully saturated rings. The lowest BCUT2D eigenvalue weighted by molar-refractivity contribution is -0.117. The molecule has 7 nitrogen and oxygen atoms in total. The first-order chi connectivity index (χ1) is 11.5. The first kappa shape index (κ1) is 16.1. The summed E-state index contributed by atoms with van der Waals surface area (Å²) in [5.74, 6) is 0.0853. The third-order valence-corrected chi connectivity index (χ3v) is 3.88. The predicted octanol–water partition coefficient (Wildman–Crippen LogP) is 2.04. The maximum Gasteiger partial charge on any atom is 0.346 e. The topological polar surface area (TPSA) is 81.8 Å². The SMILES string of the molecule is Cn1c(-c2ccccn2)nn(CC(=O)Nc2ccc(Br)cc2)c1=O. The molecule has 122 valence electrons. The van der Waals surface area contributed by atoms with Crippen LogP contribution in [0.2, 0.25) is 0 Å². The van der Waals surface area contributed by atoms with Gasteiger partial charge in [-0.15, -0.1) is 5.10 Å². The average Bonchev–Trinajstić information content (AvgIpc) is 2.86. The number of nitrogens with zero attached hydrogens (tertiary/aromatic N) is 4. The molecule has 8 heteroatoms. The molecule has 1 amide bonds. The Labute approximate surface area is 146 Å². The van der Waals surface area contributed by atoms with Crippen molar-refractivity contribution in [2.24, 2.45) is 7.05 Å². The summed E-state index contributed by atoms with van der Waals surface area (Å²) < 4.78 is 3.41. The molecule has 24 heavy (non-hydrogen) atoms. The number of amides is 1. The second kappa shape index (κ2) is 6.79. The number of halogens is 1. The number of pyridine rings is 1. The Morgan fingerprint density at radius 1 is 1.21 bits per heavy atom. The van der Waals surface area contributed by atoms with Crippen LogP contribution in [0.25, 0.3) is 11.5 Å². The Kier molecular flexibility index (Phi) is 4.57. The van der Waals surface area contributed by atoms with E-state index in [1.165, 1.54) is 4.57 Å². The molecule has 0 aliphatic carbocycles. The molecule has 0 saturated heterocycles. The van der Waals surface area contributed by atoms with Crippen molar-refractivity contribution in [3.63, 3.8) is 0 Å². The third-order valence-electron chi connectivity index (χ3n) is 3.36. The van der Waals surface area contributed by atoms with E-state index in [-0.39, 0.29) is 18.1 Å². The fourth-order valence-corrected chi connectivity index (χ4v) is 2.44. The van der Waals surface area contributed by atoms with Gasteiger partial charge in [0, 0.05) is 23.4 Å². The lowest BCUT2D eigenvalue weighted by atomic mass is 10.3. The van der Waals surface area contributed by atoms with Crippen LogP contribution in [0.4, 0.5) is 5.69 Å². The van der Waals surface area contributed by atoms with Crippen molar-refractivity contribution >= 4 is 27.5 Å². The second-order valence-electron chi connectivity index (χ2n) is 5.09. The minimum Gasteiger partial charge on any atom is -0.324 e. The van der Waals surface area contributed by atoms with E-state index in [2.05, 4.69) is 31.3 Å². The van der Waals surface area contributed by atoms with Gasteiger partial charge < -0.3 is 5.32 Å². The van der Waals surface area contributed by atoms with Crippen molar-refractivity contribution in [2.45, 2.75) is 6.54 Å². The highest BCUT2D eigenvalue weighted by molar-refractivity contribution is 9.10. The maximum absolute atomic E-state index is 12.2. The van der Waals surface area contributed by atoms with Crippen molar-refractivity contribution < 1.29 is 4.79 Å². The molecular formula is C16H14BrN5O2. The van der Waals surface area contributed by atoms with E-state index < -0.39 is 0 Å². The molecule has 2 aromatic heterocycles. The molecule has 1 aromatic carbocycles. The summed E-state index contributed by atoms with van der Waals surface area (Å²) in [6, 6.07) is 12.5. The smallest absolute Gasteiger partial charge is 0.324 e. The monoisotopic (exact) mass is 387 g/mol. The molecule has 0 bridgehead atoms. The zero-order valence-corrected chi connectivity index (χ0v) is 14.4. The summed E-state index contributed by atoms with van der Waals surface area (Å²) in [5, 5.41) is 6.94. The van der Waals surface area contributed by atoms with Gasteiger partial charge in [0.25, 0.3) is 0 Å². The number of carbonyl (C=O) groups excluding carboxylic acids is 1. The number of nitrogens with one attached hydrogen (secondary N) is 1. The Morgan fingerprint density at radius 2 is 1.96 bits per heavy atom. The van der Waals surface area contributed by atoms with Gasteiger partial charge in [0.15, 0.2) is 5.82 Å². The van der Waals surface area contributed by atoms with Crippen molar-refractivity contribution in [3.8, 4) is 11.5 Å². The largest absolute Gasteiger partial charge is 0.346 e. The van der Waals surface area contributed by atoms with Gasteiger partial charge in [-0.2, -0.15) is 0 Å². The molecule has 0 aliphatic rings. The molecule has 0 unspecified atom stereocenters. The van der Waals surface area contributed by atoms with E-state index in [4.69, 9.17) is 0 Å². The van der Waals surface area contributed by atoms with Crippen LogP contribution >= 0.6 is 15.9 Å². The Bertz CT molecular complexity index is 916. The summed E-state index contributed by atoms with van der Waals surface area (Å²) in [6.45, 7) is -0.171. The molecule has 0 aliphatic heterocycles. The average molecular weight is 388 g/mol. The number of hydrogen-bond donors (Lipinski definition) is 1. The molecular weight excluding hydrogens is 374 g/mol. The standard InChI is InChI=1S/C16H14BrN5O2/c1-21-15(13-4-2-3-9-18-13)20-22(16(21)24)10-14(23)19-12-7-5-11(17)6-8-12/h2-9H,10H2,1H3,(H,19,23). The van der Waals surface area contributed by atoms with Gasteiger partial charge in [-0.3, -0.25) is 14.3 Å². The van der Waals surface area contributed by atoms with Gasteiger partial charge in [-0.1, -0.05) is 22.0 Å². The fourth-order valence-electron chi connectivity index (χ4n) is 2.18. The summed E-state index contributed by atoms with van der Waals surface area (Å²) >= 11 is 3.33. The van der Waals surface area contributed by atoms with Crippen molar-refractivity contribution in [3.05, 3.63) is 63.6 Å². The fraction of sp³-hybridized carbons (Fsp3) is 0.125. The van der Waals surface area contributed by atoms with E-state index in [9.17, 15) is 9.59 Å². The zero-order chi connectivity index (χ0) is 17.1. The number of benzene rings is 1. The lowest BCUT2D eigenvalue weighted by Gasteiger charge is -2.04. The molecule has 1 N–H and O–H groups in total. The minimum absolute atomic E-state index is 0.171. The first-order valence-electron chi connectivity index (χ1n) is 7.15. The lowest BCUT2D eigenvalue weighted by Crippen LogP contribution is -2.29. The van der Waals surface area contributed by atoms with Gasteiger partial charge in [-0.25, -0.2) is 9.48 Å². The van der Waals surface area contributed by atoms with Crippen molar-refractivity contribution in [1.29, 1.82) is 0 Å². The molecule has 3 rings (SSSR count). The number of rotatable bonds is 4. The molecule has 0 saturated carbocycles. The molecule has 0 radical (unpaired) electrons. The van der Waals surface area contributed by atoms with Crippen molar-refractivity contribution in [2.75, 3.05) is 5.32 Å². The maximum atomic E-state index is 12.2. The van der Waals surface area contributed by atoms with Crippen LogP contribution in [0.5, 0.6) is 0 Å². The van der Waals surface area contributed by atoms with Gasteiger partial charge in [0.05, 0.1) is 0 Å². The normalized spacial score (nSPS) is 10.6. The highest BCUT2D eigenvalue weighted by Gasteiger charge is 2.15. The highest BCUT2D eigenvalue weighted by atomic mass is 79.9. The molecule has 3 aromatic rings. The van der Waals surface area contributed by atoms with Gasteiger partial charge in [0.2, 0.25) is 5.91 Å². The quantitative estimate of drug-likeness (QED) is 0.742. The molecule has 0 atom stereocenters. The molecule has 2 heterocycles. The van der Waals surface area contributed by atoms with Crippen LogP contribution in [0.1, 0.15) is 0 Å². The van der Waals surface area contributed by atoms with Crippen LogP contribution in [0.3, 0.4) is 0 Å². The van der Waals surface area contributed by atoms with E-state index in [1.807, 2.05) is 18.2 Å². The van der Waals surface area contributed by atoms with Crippen LogP contribution in [0.15, 0.2) is 57.9 Å². The Balaban J connectivity index is 1.79. The van der Waals surface area contributed by atoms with E-state index >= 15 is 0 Å². The third kappa shape index (κ3) is 3.43. The summed E-state index contributed by atoms with van der Waals surface area (Å²) in [7, 11) is 1.60. The minimum atomic E-state index is -0.374. The zero-order valence-electron chi connectivity index (χ0n) is 12.8. The number of carbonyl (C=O) groups is 1. The Hall–Kier alpha value is -2.74. The van der Waals surface area contributed by atoms with Crippen LogP contribution in [0, 0.1) is 0 Å². The van der Waals surface area contributed by atoms with E-state index in [1.54, 1.807) is 37.5 Å². The number of hydrogen-bond acceptors (Lipinski definition) is 4. The van der Waals surface area contributed by atoms with E-state index in [0.29, 0.717) is 17.2 Å². The van der Waals surface area contributed by atoms with E-state index in [0.717, 1.165) is 9.15 Å². The second-order valence-corrected chi connectivity index (χ2v) is 6.01. The van der Waals surface area contributed by atoms with Crippen LogP contribution in [-0.2, 0) is 18.4 Å². The Morgan fingerprint density at radius 3 is 2.62 bits per heavy atom. The summed E-state index contributed by atoms with van der Waals surface area (Å²) in [4.78, 5) is 28.6. The number of aromatic nitrogens is 4. The van der Waals surface area contributed by atoms with Crippen LogP contribution in [-0.4, -0.2) is 25.2 Å².